The van der Waals surface area contributed by atoms with Crippen LogP contribution >= 0.6 is 11.8 Å². The fourth-order valence-corrected chi connectivity index (χ4v) is 2.91. The van der Waals surface area contributed by atoms with Crippen LogP contribution in [-0.4, -0.2) is 29.3 Å². The van der Waals surface area contributed by atoms with Gasteiger partial charge >= 0.3 is 5.97 Å². The molecular formula is C14H16FNO3S. The third kappa shape index (κ3) is 3.30. The van der Waals surface area contributed by atoms with E-state index in [2.05, 4.69) is 5.32 Å². The lowest BCUT2D eigenvalue weighted by molar-refractivity contribution is -0.141. The Labute approximate surface area is 120 Å². The van der Waals surface area contributed by atoms with Gasteiger partial charge < -0.3 is 10.4 Å². The van der Waals surface area contributed by atoms with Crippen molar-refractivity contribution in [3.05, 3.63) is 29.6 Å². The van der Waals surface area contributed by atoms with Crippen LogP contribution in [0.3, 0.4) is 0 Å². The molecule has 1 saturated carbocycles. The van der Waals surface area contributed by atoms with Gasteiger partial charge in [0.1, 0.15) is 5.82 Å². The molecule has 0 bridgehead atoms. The molecule has 1 aromatic rings. The number of carboxylic acid groups (broad SMARTS) is 1. The number of hydrogen-bond donors (Lipinski definition) is 2. The lowest BCUT2D eigenvalue weighted by atomic mass is 10.1. The Bertz CT molecular complexity index is 535. The molecule has 1 fully saturated rings. The van der Waals surface area contributed by atoms with Crippen molar-refractivity contribution in [2.75, 3.05) is 6.26 Å². The van der Waals surface area contributed by atoms with Gasteiger partial charge in [-0.05, 0) is 43.7 Å². The number of amides is 1. The van der Waals surface area contributed by atoms with Gasteiger partial charge in [0.25, 0.3) is 5.91 Å². The Morgan fingerprint density at radius 2 is 2.15 bits per heavy atom. The second-order valence-electron chi connectivity index (χ2n) is 4.87. The first kappa shape index (κ1) is 14.8. The number of nitrogens with one attached hydrogen (secondary N) is 1. The summed E-state index contributed by atoms with van der Waals surface area (Å²) in [6.07, 6.45) is 3.45. The smallest absolute Gasteiger partial charge is 0.306 e. The van der Waals surface area contributed by atoms with Crippen LogP contribution in [0, 0.1) is 11.7 Å². The summed E-state index contributed by atoms with van der Waals surface area (Å²) in [4.78, 5) is 23.4. The first-order chi connectivity index (χ1) is 9.51. The van der Waals surface area contributed by atoms with Crippen molar-refractivity contribution in [2.24, 2.45) is 5.92 Å². The molecule has 108 valence electrons. The molecule has 1 aliphatic rings. The average Bonchev–Trinajstić information content (AvgIpc) is 2.88. The summed E-state index contributed by atoms with van der Waals surface area (Å²) in [6.45, 7) is 0. The SMILES string of the molecule is CSc1cc(C(=O)N[C@@H]2CC[C@H](C(=O)O)C2)ccc1F. The van der Waals surface area contributed by atoms with E-state index in [0.29, 0.717) is 29.7 Å². The zero-order chi connectivity index (χ0) is 14.7. The van der Waals surface area contributed by atoms with E-state index in [9.17, 15) is 14.0 Å². The van der Waals surface area contributed by atoms with Gasteiger partial charge in [-0.15, -0.1) is 11.8 Å². The Balaban J connectivity index is 2.00. The summed E-state index contributed by atoms with van der Waals surface area (Å²) in [7, 11) is 0. The van der Waals surface area contributed by atoms with Crippen molar-refractivity contribution in [3.63, 3.8) is 0 Å². The minimum Gasteiger partial charge on any atom is -0.481 e. The molecule has 0 unspecified atom stereocenters. The fraction of sp³-hybridized carbons (Fsp3) is 0.429. The van der Waals surface area contributed by atoms with Crippen molar-refractivity contribution in [1.82, 2.24) is 5.32 Å². The summed E-state index contributed by atoms with van der Waals surface area (Å²) in [5, 5.41) is 11.7. The van der Waals surface area contributed by atoms with Crippen LogP contribution in [0.4, 0.5) is 4.39 Å². The zero-order valence-corrected chi connectivity index (χ0v) is 11.9. The van der Waals surface area contributed by atoms with E-state index in [0.717, 1.165) is 0 Å². The normalized spacial score (nSPS) is 21.7. The van der Waals surface area contributed by atoms with Gasteiger partial charge in [-0.3, -0.25) is 9.59 Å². The predicted molar refractivity (Wildman–Crippen MR) is 74.4 cm³/mol. The van der Waals surface area contributed by atoms with E-state index in [1.54, 1.807) is 6.26 Å². The van der Waals surface area contributed by atoms with Crippen LogP contribution in [0.25, 0.3) is 0 Å². The number of benzene rings is 1. The summed E-state index contributed by atoms with van der Waals surface area (Å²) in [5.41, 5.74) is 0.398. The highest BCUT2D eigenvalue weighted by Crippen LogP contribution is 2.26. The zero-order valence-electron chi connectivity index (χ0n) is 11.1. The molecule has 0 aromatic heterocycles. The maximum Gasteiger partial charge on any atom is 0.306 e. The summed E-state index contributed by atoms with van der Waals surface area (Å²) in [5.74, 6) is -1.82. The molecule has 6 heteroatoms. The molecule has 0 aliphatic heterocycles. The van der Waals surface area contributed by atoms with E-state index in [4.69, 9.17) is 5.11 Å². The molecule has 1 aromatic carbocycles. The van der Waals surface area contributed by atoms with E-state index >= 15 is 0 Å². The molecule has 0 saturated heterocycles. The van der Waals surface area contributed by atoms with Crippen LogP contribution in [0.1, 0.15) is 29.6 Å². The van der Waals surface area contributed by atoms with Crippen molar-refractivity contribution in [3.8, 4) is 0 Å². The van der Waals surface area contributed by atoms with Gasteiger partial charge in [-0.25, -0.2) is 4.39 Å². The molecular weight excluding hydrogens is 281 g/mol. The molecule has 2 atom stereocenters. The van der Waals surface area contributed by atoms with Crippen LogP contribution in [0.15, 0.2) is 23.1 Å². The first-order valence-electron chi connectivity index (χ1n) is 6.38. The van der Waals surface area contributed by atoms with Gasteiger partial charge in [-0.2, -0.15) is 0 Å². The van der Waals surface area contributed by atoms with Crippen molar-refractivity contribution in [2.45, 2.75) is 30.2 Å². The third-order valence-corrected chi connectivity index (χ3v) is 4.28. The van der Waals surface area contributed by atoms with Gasteiger partial charge in [-0.1, -0.05) is 0 Å². The highest BCUT2D eigenvalue weighted by Gasteiger charge is 2.30. The summed E-state index contributed by atoms with van der Waals surface area (Å²) >= 11 is 1.24. The highest BCUT2D eigenvalue weighted by molar-refractivity contribution is 7.98. The van der Waals surface area contributed by atoms with Gasteiger partial charge in [0, 0.05) is 16.5 Å². The van der Waals surface area contributed by atoms with Crippen LogP contribution in [0.5, 0.6) is 0 Å². The van der Waals surface area contributed by atoms with Gasteiger partial charge in [0.05, 0.1) is 5.92 Å². The predicted octanol–water partition coefficient (Wildman–Crippen LogP) is 2.53. The maximum absolute atomic E-state index is 13.4. The number of hydrogen-bond acceptors (Lipinski definition) is 3. The van der Waals surface area contributed by atoms with E-state index < -0.39 is 5.97 Å². The van der Waals surface area contributed by atoms with E-state index in [-0.39, 0.29) is 23.7 Å². The molecule has 20 heavy (non-hydrogen) atoms. The Hall–Kier alpha value is -1.56. The van der Waals surface area contributed by atoms with Gasteiger partial charge in [0.15, 0.2) is 0 Å². The number of carbonyl (C=O) groups excluding carboxylic acids is 1. The van der Waals surface area contributed by atoms with Crippen LogP contribution < -0.4 is 5.32 Å². The summed E-state index contributed by atoms with van der Waals surface area (Å²) in [6, 6.07) is 4.11. The Morgan fingerprint density at radius 1 is 1.40 bits per heavy atom. The molecule has 0 spiro atoms. The van der Waals surface area contributed by atoms with E-state index in [1.165, 1.54) is 30.0 Å². The third-order valence-electron chi connectivity index (χ3n) is 3.53. The molecule has 1 aliphatic carbocycles. The Morgan fingerprint density at radius 3 is 2.75 bits per heavy atom. The van der Waals surface area contributed by atoms with Crippen molar-refractivity contribution < 1.29 is 19.1 Å². The largest absolute Gasteiger partial charge is 0.481 e. The second kappa shape index (κ2) is 6.26. The maximum atomic E-state index is 13.4. The minimum absolute atomic E-state index is 0.119. The standard InChI is InChI=1S/C14H16FNO3S/c1-20-12-7-8(3-5-11(12)15)13(17)16-10-4-2-9(6-10)14(18)19/h3,5,7,9-10H,2,4,6H2,1H3,(H,16,17)(H,18,19)/t9-,10+/m0/s1. The topological polar surface area (TPSA) is 66.4 Å². The highest BCUT2D eigenvalue weighted by atomic mass is 32.2. The lowest BCUT2D eigenvalue weighted by Gasteiger charge is -2.13. The molecule has 0 radical (unpaired) electrons. The average molecular weight is 297 g/mol. The molecule has 4 nitrogen and oxygen atoms in total. The fourth-order valence-electron chi connectivity index (χ4n) is 2.41. The number of rotatable bonds is 4. The first-order valence-corrected chi connectivity index (χ1v) is 7.61. The molecule has 0 heterocycles. The molecule has 2 rings (SSSR count). The van der Waals surface area contributed by atoms with Crippen molar-refractivity contribution in [1.29, 1.82) is 0 Å². The van der Waals surface area contributed by atoms with Crippen molar-refractivity contribution >= 4 is 23.6 Å². The van der Waals surface area contributed by atoms with Gasteiger partial charge in [0.2, 0.25) is 0 Å². The minimum atomic E-state index is -0.812. The number of carboxylic acids is 1. The second-order valence-corrected chi connectivity index (χ2v) is 5.72. The van der Waals surface area contributed by atoms with Crippen LogP contribution in [0.2, 0.25) is 0 Å². The molecule has 2 N–H and O–H groups in total. The lowest BCUT2D eigenvalue weighted by Crippen LogP contribution is -2.33. The monoisotopic (exact) mass is 297 g/mol. The van der Waals surface area contributed by atoms with E-state index in [1.807, 2.05) is 0 Å². The van der Waals surface area contributed by atoms with Crippen LogP contribution in [-0.2, 0) is 4.79 Å². The number of carbonyl (C=O) groups is 2. The number of aliphatic carboxylic acids is 1. The number of thioether (sulfide) groups is 1. The number of halogens is 1. The summed E-state index contributed by atoms with van der Waals surface area (Å²) < 4.78 is 13.4. The molecule has 1 amide bonds. The Kier molecular flexibility index (Phi) is 4.65. The quantitative estimate of drug-likeness (QED) is 0.838.